The van der Waals surface area contributed by atoms with Crippen molar-refractivity contribution in [2.45, 2.75) is 125 Å². The summed E-state index contributed by atoms with van der Waals surface area (Å²) < 4.78 is 23.1. The number of amides is 6. The van der Waals surface area contributed by atoms with Crippen molar-refractivity contribution in [3.63, 3.8) is 0 Å². The fourth-order valence-electron chi connectivity index (χ4n) is 10.5. The molecule has 2 saturated heterocycles. The van der Waals surface area contributed by atoms with Crippen molar-refractivity contribution in [2.75, 3.05) is 59.9 Å². The number of hydrogen-bond donors (Lipinski definition) is 14. The number of hydrogen-bond acceptors (Lipinski definition) is 20. The van der Waals surface area contributed by atoms with Crippen LogP contribution < -0.4 is 61.5 Å². The first kappa shape index (κ1) is 77.2. The minimum atomic E-state index is -2.50. The normalized spacial score (nSPS) is 22.0. The molecule has 2 unspecified atom stereocenters. The van der Waals surface area contributed by atoms with Crippen molar-refractivity contribution >= 4 is 82.3 Å². The first-order valence-corrected chi connectivity index (χ1v) is 32.7. The van der Waals surface area contributed by atoms with E-state index >= 15 is 0 Å². The molecule has 29 heteroatoms. The van der Waals surface area contributed by atoms with Crippen LogP contribution in [0.1, 0.15) is 73.1 Å². The van der Waals surface area contributed by atoms with Crippen LogP contribution in [0.3, 0.4) is 0 Å². The Labute approximate surface area is 579 Å². The van der Waals surface area contributed by atoms with Gasteiger partial charge in [0, 0.05) is 86.6 Å². The molecule has 0 spiro atoms. The minimum Gasteiger partial charge on any atom is -0.477 e. The number of aliphatic hydroxyl groups is 6. The van der Waals surface area contributed by atoms with Crippen molar-refractivity contribution in [1.29, 1.82) is 0 Å². The van der Waals surface area contributed by atoms with Crippen LogP contribution in [0.25, 0.3) is 22.3 Å². The van der Waals surface area contributed by atoms with Gasteiger partial charge in [0.1, 0.15) is 24.4 Å². The molecule has 0 saturated carbocycles. The Kier molecular flexibility index (Phi) is 30.6. The second kappa shape index (κ2) is 37.6. The van der Waals surface area contributed by atoms with Crippen LogP contribution in [0.4, 0.5) is 11.4 Å². The fourth-order valence-corrected chi connectivity index (χ4v) is 12.2. The summed E-state index contributed by atoms with van der Waals surface area (Å²) in [6.45, 7) is 0.885. The van der Waals surface area contributed by atoms with E-state index in [9.17, 15) is 79.2 Å². The Hall–Kier alpha value is -6.84. The number of carboxylic acids is 2. The van der Waals surface area contributed by atoms with Crippen LogP contribution >= 0.6 is 23.5 Å². The van der Waals surface area contributed by atoms with E-state index < -0.39 is 134 Å². The first-order chi connectivity index (χ1) is 45.0. The Morgan fingerprint density at radius 3 is 1.17 bits per heavy atom. The molecule has 0 bridgehead atoms. The number of aliphatic hydroxyl groups excluding tert-OH is 6. The molecular formula is C66H80N6NaO20S2+. The van der Waals surface area contributed by atoms with Crippen LogP contribution in [0.5, 0.6) is 0 Å². The third-order valence-electron chi connectivity index (χ3n) is 15.4. The summed E-state index contributed by atoms with van der Waals surface area (Å²) in [7, 11) is 0. The Balaban J connectivity index is 0.0000143. The van der Waals surface area contributed by atoms with E-state index in [1.807, 2.05) is 60.7 Å². The van der Waals surface area contributed by atoms with Gasteiger partial charge in [-0.05, 0) is 95.1 Å². The second-order valence-corrected chi connectivity index (χ2v) is 25.0. The Morgan fingerprint density at radius 1 is 0.505 bits per heavy atom. The maximum atomic E-state index is 13.0. The van der Waals surface area contributed by atoms with Gasteiger partial charge in [0.2, 0.25) is 23.6 Å². The molecule has 2 heterocycles. The molecule has 5 aromatic carbocycles. The van der Waals surface area contributed by atoms with Crippen LogP contribution in [-0.2, 0) is 47.7 Å². The van der Waals surface area contributed by atoms with Gasteiger partial charge < -0.3 is 91.7 Å². The van der Waals surface area contributed by atoms with E-state index in [0.29, 0.717) is 34.4 Å². The van der Waals surface area contributed by atoms with Gasteiger partial charge in [-0.25, -0.2) is 9.59 Å². The summed E-state index contributed by atoms with van der Waals surface area (Å²) in [5.41, 5.74) is 5.10. The second-order valence-electron chi connectivity index (χ2n) is 22.5. The van der Waals surface area contributed by atoms with E-state index in [2.05, 4.69) is 31.9 Å². The predicted octanol–water partition coefficient (Wildman–Crippen LogP) is 0.136. The minimum absolute atomic E-state index is 0. The van der Waals surface area contributed by atoms with E-state index in [0.717, 1.165) is 36.1 Å². The summed E-state index contributed by atoms with van der Waals surface area (Å²) in [4.78, 5) is 101. The molecule has 14 N–H and O–H groups in total. The number of carbonyl (C=O) groups is 8. The molecule has 12 atom stereocenters. The van der Waals surface area contributed by atoms with Crippen LogP contribution in [0.15, 0.2) is 133 Å². The van der Waals surface area contributed by atoms with Crippen molar-refractivity contribution in [1.82, 2.24) is 21.3 Å². The molecule has 95 heavy (non-hydrogen) atoms. The van der Waals surface area contributed by atoms with Gasteiger partial charge in [-0.3, -0.25) is 28.8 Å². The molecule has 0 radical (unpaired) electrons. The maximum Gasteiger partial charge on any atom is 1.00 e. The molecule has 2 aliphatic heterocycles. The first-order valence-electron chi connectivity index (χ1n) is 30.4. The van der Waals surface area contributed by atoms with Crippen molar-refractivity contribution < 1.29 is 128 Å². The molecule has 5 aromatic rings. The molecule has 6 amide bonds. The zero-order valence-electron chi connectivity index (χ0n) is 52.7. The number of aliphatic carboxylic acids is 2. The molecule has 2 aliphatic rings. The summed E-state index contributed by atoms with van der Waals surface area (Å²) in [5.74, 6) is -9.68. The predicted molar refractivity (Wildman–Crippen MR) is 348 cm³/mol. The molecular weight excluding hydrogens is 1280 g/mol. The van der Waals surface area contributed by atoms with Crippen LogP contribution in [-0.4, -0.2) is 210 Å². The summed E-state index contributed by atoms with van der Waals surface area (Å²) in [6, 6.07) is 36.1. The summed E-state index contributed by atoms with van der Waals surface area (Å²) in [5, 5.41) is 103. The number of rotatable bonds is 34. The smallest absolute Gasteiger partial charge is 0.477 e. The molecule has 0 aliphatic carbocycles. The van der Waals surface area contributed by atoms with Gasteiger partial charge in [-0.15, -0.1) is 0 Å². The third-order valence-corrected chi connectivity index (χ3v) is 17.5. The number of carboxylic acid groups (broad SMARTS) is 2. The molecule has 26 nitrogen and oxygen atoms in total. The number of ether oxygens (including phenoxy) is 4. The van der Waals surface area contributed by atoms with Gasteiger partial charge >= 0.3 is 41.5 Å². The van der Waals surface area contributed by atoms with Crippen molar-refractivity contribution in [3.8, 4) is 22.3 Å². The number of nitrogens with one attached hydrogen (secondary N) is 6. The van der Waals surface area contributed by atoms with Crippen LogP contribution in [0.2, 0.25) is 0 Å². The quantitative estimate of drug-likeness (QED) is 0.0192. The monoisotopic (exact) mass is 1360 g/mol. The van der Waals surface area contributed by atoms with E-state index in [1.54, 1.807) is 72.8 Å². The molecule has 7 rings (SSSR count). The van der Waals surface area contributed by atoms with Gasteiger partial charge in [-0.2, -0.15) is 23.5 Å². The zero-order chi connectivity index (χ0) is 68.0. The number of benzene rings is 5. The number of carbonyl (C=O) groups excluding carboxylic acids is 6. The fraction of sp³-hybridized carbons (Fsp3) is 0.424. The van der Waals surface area contributed by atoms with Gasteiger partial charge in [-0.1, -0.05) is 84.9 Å². The number of thioether (sulfide) groups is 2. The summed E-state index contributed by atoms with van der Waals surface area (Å²) >= 11 is 2.77. The molecule has 506 valence electrons. The van der Waals surface area contributed by atoms with Gasteiger partial charge in [0.25, 0.3) is 23.4 Å². The Morgan fingerprint density at radius 2 is 0.842 bits per heavy atom. The topological polar surface area (TPSA) is 408 Å². The Bertz CT molecular complexity index is 3110. The molecule has 0 aromatic heterocycles. The maximum absolute atomic E-state index is 13.0. The average molecular weight is 1360 g/mol. The zero-order valence-corrected chi connectivity index (χ0v) is 56.3. The average Bonchev–Trinajstić information content (AvgIpc) is 0.781. The summed E-state index contributed by atoms with van der Waals surface area (Å²) in [6.07, 6.45) is -14.5. The van der Waals surface area contributed by atoms with Gasteiger partial charge in [0.05, 0.1) is 49.7 Å². The standard InChI is InChI=1S/C66H80N6O20S2.Na/c1-39(73)69-55-49(75)35-65(63(85)86,91-59(55)57(81)51(77)37-67-61(83)45-19-15-43(16-20-45)41-11-5-3-6-12-41)89-29-9-31-93-33-27-53(79)71-47-23-25-48(26-24-47)72-54(80)28-34-94-32-10-30-90-66(64(87)88)36-50(76)56(70-40(2)74)60(92-66)58(82)52(78)38-68-62(84)46-21-17-44(18-22-46)42-13-7-4-8-14-42;/h3-8,11-26,49-52,55-60,75-78,81-82H,9-10,27-38H2,1-2H3,(H,67,83)(H,68,84)(H,69,73)(H,70,74)(H,71,79)(H,72,80)(H,85,86)(H,87,88);/q;+1/t49-,50-,51+,52+,55+,56+,57?,58?,59+,60+,65+,66+;/m0./s1. The SMILES string of the molecule is CC(=O)N[C@@H]1[C@@H](O)C[C@](OCCCSCCC(=O)Nc2ccc(NC(=O)CCSCCCO[C@]3(C(=O)O)C[C@H](O)[C@@H](NC(C)=O)[C@H](C(O)[C@H](O)CNC(=O)c4ccc(-c5ccccc5)cc4)O3)cc2)(C(=O)O)O[C@H]1C(O)[C@H](O)CNC(=O)c1ccc(-c2ccccc2)cc1.[Na+]. The van der Waals surface area contributed by atoms with Crippen LogP contribution in [0, 0.1) is 0 Å². The van der Waals surface area contributed by atoms with E-state index in [4.69, 9.17) is 18.9 Å². The van der Waals surface area contributed by atoms with Gasteiger partial charge in [0.15, 0.2) is 0 Å². The van der Waals surface area contributed by atoms with Crippen molar-refractivity contribution in [2.24, 2.45) is 0 Å². The number of anilines is 2. The van der Waals surface area contributed by atoms with Crippen molar-refractivity contribution in [3.05, 3.63) is 145 Å². The third kappa shape index (κ3) is 22.6. The van der Waals surface area contributed by atoms with E-state index in [-0.39, 0.29) is 91.4 Å². The van der Waals surface area contributed by atoms with E-state index in [1.165, 1.54) is 23.5 Å². The largest absolute Gasteiger partial charge is 1.00 e. The molecule has 2 fully saturated rings.